The molecule has 0 radical (unpaired) electrons. The minimum atomic E-state index is -0.353. The Balaban J connectivity index is 2.11. The number of para-hydroxylation sites is 1. The predicted molar refractivity (Wildman–Crippen MR) is 79.6 cm³/mol. The lowest BCUT2D eigenvalue weighted by Gasteiger charge is -2.13. The van der Waals surface area contributed by atoms with Crippen molar-refractivity contribution in [1.29, 1.82) is 0 Å². The van der Waals surface area contributed by atoms with E-state index in [4.69, 9.17) is 10.5 Å². The van der Waals surface area contributed by atoms with Crippen LogP contribution in [0, 0.1) is 5.82 Å². The molecule has 1 aromatic heterocycles. The molecule has 0 aliphatic rings. The first-order valence-electron chi connectivity index (χ1n) is 6.69. The second-order valence-corrected chi connectivity index (χ2v) is 5.73. The van der Waals surface area contributed by atoms with Gasteiger partial charge in [0.15, 0.2) is 11.6 Å². The van der Waals surface area contributed by atoms with Crippen molar-refractivity contribution in [2.45, 2.75) is 39.3 Å². The molecule has 1 unspecified atom stereocenters. The molecule has 1 atom stereocenters. The molecular weight excluding hydrogens is 275 g/mol. The number of nitrogens with zero attached hydrogens (tertiary/aromatic N) is 1. The summed E-state index contributed by atoms with van der Waals surface area (Å²) in [5.41, 5.74) is 7.42. The highest BCUT2D eigenvalue weighted by atomic mass is 32.1. The normalized spacial score (nSPS) is 12.4. The van der Waals surface area contributed by atoms with E-state index in [0.717, 1.165) is 22.7 Å². The fourth-order valence-corrected chi connectivity index (χ4v) is 2.68. The predicted octanol–water partition coefficient (Wildman–Crippen LogP) is 3.31. The Morgan fingerprint density at radius 1 is 1.45 bits per heavy atom. The molecule has 0 spiro atoms. The first-order chi connectivity index (χ1) is 9.60. The van der Waals surface area contributed by atoms with Gasteiger partial charge in [0.1, 0.15) is 6.61 Å². The van der Waals surface area contributed by atoms with E-state index in [0.29, 0.717) is 6.42 Å². The third-order valence-corrected chi connectivity index (χ3v) is 3.90. The fourth-order valence-electron chi connectivity index (χ4n) is 1.95. The summed E-state index contributed by atoms with van der Waals surface area (Å²) in [4.78, 5) is 4.41. The van der Waals surface area contributed by atoms with Crippen LogP contribution in [0.1, 0.15) is 30.1 Å². The Morgan fingerprint density at radius 3 is 2.90 bits per heavy atom. The van der Waals surface area contributed by atoms with Crippen LogP contribution in [0.4, 0.5) is 4.39 Å². The molecule has 2 N–H and O–H groups in total. The first kappa shape index (κ1) is 14.9. The van der Waals surface area contributed by atoms with Gasteiger partial charge in [-0.15, -0.1) is 11.3 Å². The van der Waals surface area contributed by atoms with E-state index in [1.54, 1.807) is 17.4 Å². The second-order valence-electron chi connectivity index (χ2n) is 4.78. The average molecular weight is 294 g/mol. The summed E-state index contributed by atoms with van der Waals surface area (Å²) in [6, 6.07) is 4.89. The van der Waals surface area contributed by atoms with E-state index >= 15 is 0 Å². The lowest BCUT2D eigenvalue weighted by Crippen LogP contribution is -2.18. The first-order valence-corrected chi connectivity index (χ1v) is 7.57. The lowest BCUT2D eigenvalue weighted by atomic mass is 10.1. The molecule has 2 rings (SSSR count). The van der Waals surface area contributed by atoms with Gasteiger partial charge in [-0.1, -0.05) is 19.1 Å². The van der Waals surface area contributed by atoms with Crippen molar-refractivity contribution in [1.82, 2.24) is 4.98 Å². The summed E-state index contributed by atoms with van der Waals surface area (Å²) in [7, 11) is 0. The van der Waals surface area contributed by atoms with E-state index in [9.17, 15) is 4.39 Å². The molecule has 3 nitrogen and oxygen atoms in total. The minimum Gasteiger partial charge on any atom is -0.484 e. The molecule has 0 saturated carbocycles. The van der Waals surface area contributed by atoms with Gasteiger partial charge in [0.2, 0.25) is 0 Å². The highest BCUT2D eigenvalue weighted by molar-refractivity contribution is 7.09. The SMILES string of the molecule is CCc1nc(COc2c(F)cccc2CC(C)N)cs1. The number of nitrogens with two attached hydrogens (primary N) is 1. The third-order valence-electron chi connectivity index (χ3n) is 2.86. The van der Waals surface area contributed by atoms with E-state index in [1.807, 2.05) is 18.4 Å². The summed E-state index contributed by atoms with van der Waals surface area (Å²) < 4.78 is 19.5. The monoisotopic (exact) mass is 294 g/mol. The number of aromatic nitrogens is 1. The Morgan fingerprint density at radius 2 is 2.25 bits per heavy atom. The lowest BCUT2D eigenvalue weighted by molar-refractivity contribution is 0.282. The fraction of sp³-hybridized carbons (Fsp3) is 0.400. The Kier molecular flexibility index (Phi) is 5.09. The Bertz CT molecular complexity index is 569. The highest BCUT2D eigenvalue weighted by Gasteiger charge is 2.12. The maximum atomic E-state index is 13.9. The standard InChI is InChI=1S/C15H19FN2OS/c1-3-14-18-12(9-20-14)8-19-15-11(7-10(2)17)5-4-6-13(15)16/h4-6,9-10H,3,7-8,17H2,1-2H3. The Hall–Kier alpha value is -1.46. The van der Waals surface area contributed by atoms with Gasteiger partial charge >= 0.3 is 0 Å². The van der Waals surface area contributed by atoms with Crippen LogP contribution in [0.25, 0.3) is 0 Å². The van der Waals surface area contributed by atoms with Crippen LogP contribution in [0.3, 0.4) is 0 Å². The van der Waals surface area contributed by atoms with Gasteiger partial charge in [0, 0.05) is 11.4 Å². The molecule has 0 fully saturated rings. The van der Waals surface area contributed by atoms with Gasteiger partial charge in [-0.05, 0) is 31.4 Å². The molecule has 0 amide bonds. The van der Waals surface area contributed by atoms with Crippen molar-refractivity contribution in [3.05, 3.63) is 45.7 Å². The van der Waals surface area contributed by atoms with Gasteiger partial charge in [-0.2, -0.15) is 0 Å². The molecule has 1 heterocycles. The second kappa shape index (κ2) is 6.81. The molecule has 5 heteroatoms. The molecule has 0 aliphatic heterocycles. The molecule has 108 valence electrons. The Labute approximate surface area is 122 Å². The zero-order chi connectivity index (χ0) is 14.5. The average Bonchev–Trinajstić information content (AvgIpc) is 2.85. The summed E-state index contributed by atoms with van der Waals surface area (Å²) in [6.45, 7) is 4.23. The van der Waals surface area contributed by atoms with Crippen molar-refractivity contribution in [2.24, 2.45) is 5.73 Å². The van der Waals surface area contributed by atoms with Crippen LogP contribution in [-0.4, -0.2) is 11.0 Å². The van der Waals surface area contributed by atoms with E-state index in [-0.39, 0.29) is 24.2 Å². The van der Waals surface area contributed by atoms with Gasteiger partial charge in [0.05, 0.1) is 10.7 Å². The largest absolute Gasteiger partial charge is 0.484 e. The number of benzene rings is 1. The van der Waals surface area contributed by atoms with Crippen molar-refractivity contribution >= 4 is 11.3 Å². The number of halogens is 1. The third kappa shape index (κ3) is 3.77. The summed E-state index contributed by atoms with van der Waals surface area (Å²) in [6.07, 6.45) is 1.49. The summed E-state index contributed by atoms with van der Waals surface area (Å²) >= 11 is 1.60. The quantitative estimate of drug-likeness (QED) is 0.889. The highest BCUT2D eigenvalue weighted by Crippen LogP contribution is 2.25. The molecular formula is C15H19FN2OS. The zero-order valence-corrected chi connectivity index (χ0v) is 12.5. The van der Waals surface area contributed by atoms with Crippen LogP contribution in [-0.2, 0) is 19.4 Å². The number of hydrogen-bond donors (Lipinski definition) is 1. The van der Waals surface area contributed by atoms with Gasteiger partial charge < -0.3 is 10.5 Å². The van der Waals surface area contributed by atoms with Gasteiger partial charge in [0.25, 0.3) is 0 Å². The molecule has 0 bridgehead atoms. The smallest absolute Gasteiger partial charge is 0.165 e. The van der Waals surface area contributed by atoms with Gasteiger partial charge in [-0.25, -0.2) is 9.37 Å². The van der Waals surface area contributed by atoms with E-state index in [1.165, 1.54) is 6.07 Å². The van der Waals surface area contributed by atoms with Crippen molar-refractivity contribution < 1.29 is 9.13 Å². The van der Waals surface area contributed by atoms with Crippen LogP contribution < -0.4 is 10.5 Å². The molecule has 0 saturated heterocycles. The van der Waals surface area contributed by atoms with Crippen LogP contribution in [0.5, 0.6) is 5.75 Å². The van der Waals surface area contributed by atoms with Crippen LogP contribution >= 0.6 is 11.3 Å². The topological polar surface area (TPSA) is 48.1 Å². The molecule has 1 aromatic carbocycles. The van der Waals surface area contributed by atoms with E-state index in [2.05, 4.69) is 11.9 Å². The van der Waals surface area contributed by atoms with Crippen LogP contribution in [0.15, 0.2) is 23.6 Å². The number of aryl methyl sites for hydroxylation is 1. The van der Waals surface area contributed by atoms with E-state index < -0.39 is 0 Å². The number of rotatable bonds is 6. The molecule has 0 aliphatic carbocycles. The van der Waals surface area contributed by atoms with Crippen LogP contribution in [0.2, 0.25) is 0 Å². The minimum absolute atomic E-state index is 0.0369. The maximum Gasteiger partial charge on any atom is 0.165 e. The number of thiazole rings is 1. The maximum absolute atomic E-state index is 13.9. The molecule has 20 heavy (non-hydrogen) atoms. The summed E-state index contributed by atoms with van der Waals surface area (Å²) in [5.74, 6) is -0.0649. The van der Waals surface area contributed by atoms with Crippen molar-refractivity contribution in [3.63, 3.8) is 0 Å². The van der Waals surface area contributed by atoms with Crippen molar-refractivity contribution in [3.8, 4) is 5.75 Å². The zero-order valence-electron chi connectivity index (χ0n) is 11.7. The van der Waals surface area contributed by atoms with Gasteiger partial charge in [-0.3, -0.25) is 0 Å². The molecule has 2 aromatic rings. The number of hydrogen-bond acceptors (Lipinski definition) is 4. The summed E-state index contributed by atoms with van der Waals surface area (Å²) in [5, 5.41) is 3.01. The number of ether oxygens (including phenoxy) is 1. The van der Waals surface area contributed by atoms with Crippen molar-refractivity contribution in [2.75, 3.05) is 0 Å².